The molecular weight excluding hydrogens is 344 g/mol. The predicted molar refractivity (Wildman–Crippen MR) is 107 cm³/mol. The predicted octanol–water partition coefficient (Wildman–Crippen LogP) is 4.37. The van der Waals surface area contributed by atoms with Crippen molar-refractivity contribution in [2.45, 2.75) is 20.8 Å². The number of benzene rings is 2. The fourth-order valence-corrected chi connectivity index (χ4v) is 3.50. The second-order valence-electron chi connectivity index (χ2n) is 6.50. The van der Waals surface area contributed by atoms with E-state index in [4.69, 9.17) is 14.2 Å². The van der Waals surface area contributed by atoms with Crippen LogP contribution in [0.1, 0.15) is 27.0 Å². The van der Waals surface area contributed by atoms with Crippen LogP contribution in [-0.4, -0.2) is 32.2 Å². The number of hydrogen-bond donors (Lipinski definition) is 2. The standard InChI is InChI=1S/C21H24N2O4/c1-11-7-12(2)18(13(3)8-11)23-21(24)14-10-22-15-9-16(25-4)19(26-5)20(27-6)17(14)15/h7-10,22H,1-6H3,(H,23,24). The number of ether oxygens (including phenoxy) is 3. The molecule has 0 radical (unpaired) electrons. The summed E-state index contributed by atoms with van der Waals surface area (Å²) in [7, 11) is 4.64. The van der Waals surface area contributed by atoms with Crippen molar-refractivity contribution in [3.05, 3.63) is 46.6 Å². The van der Waals surface area contributed by atoms with Crippen molar-refractivity contribution in [3.63, 3.8) is 0 Å². The van der Waals surface area contributed by atoms with Crippen molar-refractivity contribution in [3.8, 4) is 17.2 Å². The molecule has 2 aromatic carbocycles. The average Bonchev–Trinajstić information content (AvgIpc) is 3.06. The fourth-order valence-electron chi connectivity index (χ4n) is 3.50. The van der Waals surface area contributed by atoms with Crippen LogP contribution in [0.2, 0.25) is 0 Å². The minimum atomic E-state index is -0.221. The lowest BCUT2D eigenvalue weighted by Crippen LogP contribution is -2.14. The third-order valence-electron chi connectivity index (χ3n) is 4.63. The molecular formula is C21H24N2O4. The van der Waals surface area contributed by atoms with Crippen molar-refractivity contribution in [2.75, 3.05) is 26.6 Å². The molecule has 0 aliphatic heterocycles. The number of aromatic amines is 1. The third kappa shape index (κ3) is 3.18. The summed E-state index contributed by atoms with van der Waals surface area (Å²) in [6, 6.07) is 5.88. The van der Waals surface area contributed by atoms with Gasteiger partial charge < -0.3 is 24.5 Å². The first-order chi connectivity index (χ1) is 12.9. The molecule has 0 fully saturated rings. The molecule has 6 nitrogen and oxygen atoms in total. The number of amides is 1. The van der Waals surface area contributed by atoms with E-state index >= 15 is 0 Å². The highest BCUT2D eigenvalue weighted by Crippen LogP contribution is 2.44. The Labute approximate surface area is 158 Å². The van der Waals surface area contributed by atoms with Gasteiger partial charge in [0.05, 0.1) is 37.8 Å². The highest BCUT2D eigenvalue weighted by Gasteiger charge is 2.23. The maximum Gasteiger partial charge on any atom is 0.257 e. The summed E-state index contributed by atoms with van der Waals surface area (Å²) in [5, 5.41) is 3.68. The lowest BCUT2D eigenvalue weighted by molar-refractivity contribution is 0.102. The van der Waals surface area contributed by atoms with Gasteiger partial charge in [-0.25, -0.2) is 0 Å². The molecule has 1 heterocycles. The molecule has 0 saturated heterocycles. The van der Waals surface area contributed by atoms with Crippen LogP contribution in [0.5, 0.6) is 17.2 Å². The van der Waals surface area contributed by atoms with E-state index in [0.717, 1.165) is 27.9 Å². The second-order valence-corrected chi connectivity index (χ2v) is 6.50. The minimum absolute atomic E-state index is 0.221. The van der Waals surface area contributed by atoms with Gasteiger partial charge >= 0.3 is 0 Å². The maximum absolute atomic E-state index is 13.0. The number of rotatable bonds is 5. The highest BCUT2D eigenvalue weighted by molar-refractivity contribution is 6.15. The Morgan fingerprint density at radius 3 is 2.11 bits per heavy atom. The molecule has 2 N–H and O–H groups in total. The van der Waals surface area contributed by atoms with Crippen molar-refractivity contribution in [2.24, 2.45) is 0 Å². The molecule has 142 valence electrons. The van der Waals surface area contributed by atoms with Crippen LogP contribution in [0, 0.1) is 20.8 Å². The molecule has 0 aliphatic carbocycles. The van der Waals surface area contributed by atoms with Gasteiger partial charge in [0.25, 0.3) is 5.91 Å². The van der Waals surface area contributed by atoms with Gasteiger partial charge in [-0.15, -0.1) is 0 Å². The number of H-pyrrole nitrogens is 1. The van der Waals surface area contributed by atoms with E-state index in [1.165, 1.54) is 7.11 Å². The number of aryl methyl sites for hydroxylation is 3. The quantitative estimate of drug-likeness (QED) is 0.701. The molecule has 0 bridgehead atoms. The summed E-state index contributed by atoms with van der Waals surface area (Å²) in [5.41, 5.74) is 5.22. The number of fused-ring (bicyclic) bond motifs is 1. The molecule has 1 amide bonds. The van der Waals surface area contributed by atoms with Crippen LogP contribution in [0.4, 0.5) is 5.69 Å². The average molecular weight is 368 g/mol. The van der Waals surface area contributed by atoms with Gasteiger partial charge in [-0.1, -0.05) is 17.7 Å². The topological polar surface area (TPSA) is 72.6 Å². The molecule has 0 saturated carbocycles. The summed E-state index contributed by atoms with van der Waals surface area (Å²) in [6.45, 7) is 6.01. The van der Waals surface area contributed by atoms with E-state index in [1.54, 1.807) is 26.5 Å². The summed E-state index contributed by atoms with van der Waals surface area (Å²) >= 11 is 0. The zero-order valence-corrected chi connectivity index (χ0v) is 16.4. The maximum atomic E-state index is 13.0. The molecule has 3 aromatic rings. The summed E-state index contributed by atoms with van der Waals surface area (Å²) in [6.07, 6.45) is 1.67. The summed E-state index contributed by atoms with van der Waals surface area (Å²) in [4.78, 5) is 16.2. The Balaban J connectivity index is 2.11. The van der Waals surface area contributed by atoms with Crippen LogP contribution >= 0.6 is 0 Å². The first-order valence-electron chi connectivity index (χ1n) is 8.60. The molecule has 1 aromatic heterocycles. The van der Waals surface area contributed by atoms with Crippen molar-refractivity contribution in [1.29, 1.82) is 0 Å². The van der Waals surface area contributed by atoms with Crippen molar-refractivity contribution in [1.82, 2.24) is 4.98 Å². The number of anilines is 1. The second kappa shape index (κ2) is 7.23. The molecule has 0 aliphatic rings. The Hall–Kier alpha value is -3.15. The van der Waals surface area contributed by atoms with E-state index in [-0.39, 0.29) is 5.91 Å². The summed E-state index contributed by atoms with van der Waals surface area (Å²) < 4.78 is 16.4. The third-order valence-corrected chi connectivity index (χ3v) is 4.63. The normalized spacial score (nSPS) is 10.7. The number of nitrogens with one attached hydrogen (secondary N) is 2. The first kappa shape index (κ1) is 18.6. The van der Waals surface area contributed by atoms with E-state index < -0.39 is 0 Å². The van der Waals surface area contributed by atoms with Gasteiger partial charge in [0, 0.05) is 18.0 Å². The number of carbonyl (C=O) groups excluding carboxylic acids is 1. The zero-order valence-electron chi connectivity index (χ0n) is 16.4. The van der Waals surface area contributed by atoms with Gasteiger partial charge in [-0.3, -0.25) is 4.79 Å². The highest BCUT2D eigenvalue weighted by atomic mass is 16.5. The zero-order chi connectivity index (χ0) is 19.7. The Bertz CT molecular complexity index is 998. The Morgan fingerprint density at radius 2 is 1.56 bits per heavy atom. The van der Waals surface area contributed by atoms with Crippen molar-refractivity contribution < 1.29 is 19.0 Å². The van der Waals surface area contributed by atoms with Crippen LogP contribution in [0.25, 0.3) is 10.9 Å². The lowest BCUT2D eigenvalue weighted by atomic mass is 10.0. The molecule has 0 atom stereocenters. The Kier molecular flexibility index (Phi) is 4.99. The number of methoxy groups -OCH3 is 3. The van der Waals surface area contributed by atoms with Gasteiger partial charge in [0.2, 0.25) is 5.75 Å². The van der Waals surface area contributed by atoms with Gasteiger partial charge in [-0.05, 0) is 31.9 Å². The van der Waals surface area contributed by atoms with Gasteiger partial charge in [0.1, 0.15) is 0 Å². The number of aromatic nitrogens is 1. The van der Waals surface area contributed by atoms with Crippen LogP contribution in [0.3, 0.4) is 0 Å². The molecule has 0 unspecified atom stereocenters. The monoisotopic (exact) mass is 368 g/mol. The lowest BCUT2D eigenvalue weighted by Gasteiger charge is -2.15. The Morgan fingerprint density at radius 1 is 0.926 bits per heavy atom. The van der Waals surface area contributed by atoms with E-state index in [9.17, 15) is 4.79 Å². The SMILES string of the molecule is COc1cc2[nH]cc(C(=O)Nc3c(C)cc(C)cc3C)c2c(OC)c1OC. The summed E-state index contributed by atoms with van der Waals surface area (Å²) in [5.74, 6) is 1.21. The van der Waals surface area contributed by atoms with Crippen molar-refractivity contribution >= 4 is 22.5 Å². The fraction of sp³-hybridized carbons (Fsp3) is 0.286. The van der Waals surface area contributed by atoms with Gasteiger partial charge in [-0.2, -0.15) is 0 Å². The first-order valence-corrected chi connectivity index (χ1v) is 8.60. The van der Waals surface area contributed by atoms with E-state index in [1.807, 2.05) is 32.9 Å². The molecule has 3 rings (SSSR count). The smallest absolute Gasteiger partial charge is 0.257 e. The van der Waals surface area contributed by atoms with Crippen LogP contribution in [-0.2, 0) is 0 Å². The largest absolute Gasteiger partial charge is 0.493 e. The van der Waals surface area contributed by atoms with E-state index in [0.29, 0.717) is 28.2 Å². The molecule has 6 heteroatoms. The van der Waals surface area contributed by atoms with Gasteiger partial charge in [0.15, 0.2) is 11.5 Å². The number of hydrogen-bond acceptors (Lipinski definition) is 4. The van der Waals surface area contributed by atoms with Crippen LogP contribution in [0.15, 0.2) is 24.4 Å². The number of carbonyl (C=O) groups is 1. The minimum Gasteiger partial charge on any atom is -0.493 e. The molecule has 27 heavy (non-hydrogen) atoms. The molecule has 0 spiro atoms. The van der Waals surface area contributed by atoms with E-state index in [2.05, 4.69) is 10.3 Å². The van der Waals surface area contributed by atoms with Crippen LogP contribution < -0.4 is 19.5 Å².